The Bertz CT molecular complexity index is 964. The lowest BCUT2D eigenvalue weighted by Crippen LogP contribution is -2.43. The molecule has 0 aliphatic carbocycles. The van der Waals surface area contributed by atoms with Gasteiger partial charge in [-0.1, -0.05) is 6.07 Å². The molecule has 0 spiro atoms. The van der Waals surface area contributed by atoms with Crippen molar-refractivity contribution in [2.24, 2.45) is 11.7 Å². The number of nitrogens with two attached hydrogens (primary N) is 1. The number of piperidine rings is 1. The van der Waals surface area contributed by atoms with E-state index in [0.29, 0.717) is 30.0 Å². The number of primary amides is 1. The van der Waals surface area contributed by atoms with E-state index in [2.05, 4.69) is 5.32 Å². The molecule has 3 N–H and O–H groups in total. The Hall–Kier alpha value is -1.75. The molecule has 0 bridgehead atoms. The van der Waals surface area contributed by atoms with Gasteiger partial charge in [0.1, 0.15) is 9.21 Å². The van der Waals surface area contributed by atoms with Crippen LogP contribution in [0.2, 0.25) is 0 Å². The summed E-state index contributed by atoms with van der Waals surface area (Å²) in [5, 5.41) is 4.94. The number of hydrogen-bond acceptors (Lipinski definition) is 6. The maximum absolute atomic E-state index is 12.7. The first-order chi connectivity index (χ1) is 12.7. The summed E-state index contributed by atoms with van der Waals surface area (Å²) in [5.41, 5.74) is 6.53. The third-order valence-corrected chi connectivity index (χ3v) is 9.07. The summed E-state index contributed by atoms with van der Waals surface area (Å²) in [6, 6.07) is 3.26. The molecule has 1 fully saturated rings. The van der Waals surface area contributed by atoms with Crippen molar-refractivity contribution in [1.29, 1.82) is 0 Å². The maximum Gasteiger partial charge on any atom is 0.252 e. The normalized spacial score (nSPS) is 18.4. The lowest BCUT2D eigenvalue weighted by atomic mass is 9.99. The first-order valence-electron chi connectivity index (χ1n) is 8.46. The second kappa shape index (κ2) is 7.70. The largest absolute Gasteiger partial charge is 0.365 e. The average molecular weight is 428 g/mol. The Kier molecular flexibility index (Phi) is 5.71. The highest BCUT2D eigenvalue weighted by Gasteiger charge is 2.34. The van der Waals surface area contributed by atoms with Gasteiger partial charge in [0.25, 0.3) is 15.9 Å². The van der Waals surface area contributed by atoms with Gasteiger partial charge in [0.05, 0.1) is 11.5 Å². The van der Waals surface area contributed by atoms with Gasteiger partial charge in [-0.3, -0.25) is 9.59 Å². The Morgan fingerprint density at radius 1 is 1.33 bits per heavy atom. The quantitative estimate of drug-likeness (QED) is 0.764. The van der Waals surface area contributed by atoms with Gasteiger partial charge >= 0.3 is 0 Å². The minimum atomic E-state index is -3.58. The fourth-order valence-electron chi connectivity index (χ4n) is 3.14. The van der Waals surface area contributed by atoms with Gasteiger partial charge in [-0.15, -0.1) is 22.7 Å². The molecule has 1 saturated heterocycles. The predicted octanol–water partition coefficient (Wildman–Crippen LogP) is 2.56. The van der Waals surface area contributed by atoms with E-state index >= 15 is 0 Å². The molecular formula is C17H21N3O4S3. The van der Waals surface area contributed by atoms with Gasteiger partial charge in [0.2, 0.25) is 5.91 Å². The van der Waals surface area contributed by atoms with Crippen molar-refractivity contribution >= 4 is 49.5 Å². The molecule has 2 aromatic rings. The second-order valence-corrected chi connectivity index (χ2v) is 10.8. The number of sulfonamides is 1. The topological polar surface area (TPSA) is 110 Å². The standard InChI is InChI=1S/C17H21N3O4S3/c1-10-11(2)26-17(14(10)15(18)21)19-16(22)12-5-3-7-20(9-12)27(23,24)13-6-4-8-25-13/h4,6,8,12H,3,5,7,9H2,1-2H3,(H2,18,21)(H,19,22). The fourth-order valence-corrected chi connectivity index (χ4v) is 6.87. The lowest BCUT2D eigenvalue weighted by Gasteiger charge is -2.30. The van der Waals surface area contributed by atoms with Crippen LogP contribution in [-0.4, -0.2) is 37.6 Å². The molecule has 1 aliphatic heterocycles. The number of nitrogens with zero attached hydrogens (tertiary/aromatic N) is 1. The Labute approximate surface area is 166 Å². The smallest absolute Gasteiger partial charge is 0.252 e. The Morgan fingerprint density at radius 3 is 2.70 bits per heavy atom. The van der Waals surface area contributed by atoms with Crippen LogP contribution in [0.15, 0.2) is 21.7 Å². The molecule has 3 heterocycles. The molecule has 0 saturated carbocycles. The molecule has 27 heavy (non-hydrogen) atoms. The molecule has 2 amide bonds. The van der Waals surface area contributed by atoms with E-state index in [4.69, 9.17) is 5.73 Å². The molecule has 1 atom stereocenters. The molecule has 1 aliphatic rings. The van der Waals surface area contributed by atoms with E-state index in [1.165, 1.54) is 27.0 Å². The number of nitrogens with one attached hydrogen (secondary N) is 1. The van der Waals surface area contributed by atoms with E-state index in [-0.39, 0.29) is 16.7 Å². The molecule has 7 nitrogen and oxygen atoms in total. The molecule has 2 aromatic heterocycles. The predicted molar refractivity (Wildman–Crippen MR) is 107 cm³/mol. The van der Waals surface area contributed by atoms with Crippen molar-refractivity contribution in [2.75, 3.05) is 18.4 Å². The minimum absolute atomic E-state index is 0.126. The number of thiophene rings is 2. The summed E-state index contributed by atoms with van der Waals surface area (Å²) in [4.78, 5) is 25.4. The number of amides is 2. The lowest BCUT2D eigenvalue weighted by molar-refractivity contribution is -0.120. The number of hydrogen-bond donors (Lipinski definition) is 2. The van der Waals surface area contributed by atoms with Crippen LogP contribution in [-0.2, 0) is 14.8 Å². The zero-order valence-electron chi connectivity index (χ0n) is 15.0. The van der Waals surface area contributed by atoms with Crippen molar-refractivity contribution in [1.82, 2.24) is 4.31 Å². The van der Waals surface area contributed by atoms with E-state index < -0.39 is 21.8 Å². The first kappa shape index (κ1) is 20.0. The zero-order chi connectivity index (χ0) is 19.8. The van der Waals surface area contributed by atoms with Crippen molar-refractivity contribution in [3.63, 3.8) is 0 Å². The van der Waals surface area contributed by atoms with Crippen LogP contribution in [0.5, 0.6) is 0 Å². The molecule has 146 valence electrons. The molecule has 10 heteroatoms. The van der Waals surface area contributed by atoms with Gasteiger partial charge in [-0.25, -0.2) is 8.42 Å². The van der Waals surface area contributed by atoms with Crippen LogP contribution in [0.1, 0.15) is 33.6 Å². The van der Waals surface area contributed by atoms with E-state index in [0.717, 1.165) is 10.4 Å². The monoisotopic (exact) mass is 427 g/mol. The highest BCUT2D eigenvalue weighted by molar-refractivity contribution is 7.91. The van der Waals surface area contributed by atoms with Gasteiger partial charge in [0.15, 0.2) is 0 Å². The number of rotatable bonds is 5. The van der Waals surface area contributed by atoms with Gasteiger partial charge in [-0.2, -0.15) is 4.31 Å². The summed E-state index contributed by atoms with van der Waals surface area (Å²) < 4.78 is 27.1. The van der Waals surface area contributed by atoms with E-state index in [9.17, 15) is 18.0 Å². The van der Waals surface area contributed by atoms with Crippen molar-refractivity contribution in [3.8, 4) is 0 Å². The summed E-state index contributed by atoms with van der Waals surface area (Å²) in [6.07, 6.45) is 1.20. The van der Waals surface area contributed by atoms with Crippen LogP contribution in [0.25, 0.3) is 0 Å². The number of carbonyl (C=O) groups is 2. The van der Waals surface area contributed by atoms with Crippen LogP contribution in [0, 0.1) is 19.8 Å². The number of carbonyl (C=O) groups excluding carboxylic acids is 2. The van der Waals surface area contributed by atoms with Crippen molar-refractivity contribution in [2.45, 2.75) is 30.9 Å². The van der Waals surface area contributed by atoms with Crippen LogP contribution < -0.4 is 11.1 Å². The summed E-state index contributed by atoms with van der Waals surface area (Å²) in [6.45, 7) is 4.17. The highest BCUT2D eigenvalue weighted by atomic mass is 32.2. The Morgan fingerprint density at radius 2 is 2.07 bits per heavy atom. The van der Waals surface area contributed by atoms with Gasteiger partial charge < -0.3 is 11.1 Å². The Balaban J connectivity index is 1.77. The minimum Gasteiger partial charge on any atom is -0.365 e. The second-order valence-electron chi connectivity index (χ2n) is 6.48. The number of aryl methyl sites for hydroxylation is 1. The van der Waals surface area contributed by atoms with Crippen molar-refractivity contribution in [3.05, 3.63) is 33.5 Å². The van der Waals surface area contributed by atoms with E-state index in [1.54, 1.807) is 24.4 Å². The van der Waals surface area contributed by atoms with Crippen LogP contribution in [0.4, 0.5) is 5.00 Å². The average Bonchev–Trinajstić information content (AvgIpc) is 3.24. The molecular weight excluding hydrogens is 406 g/mol. The van der Waals surface area contributed by atoms with E-state index in [1.807, 2.05) is 6.92 Å². The first-order valence-corrected chi connectivity index (χ1v) is 11.6. The maximum atomic E-state index is 12.7. The highest BCUT2D eigenvalue weighted by Crippen LogP contribution is 2.33. The third-order valence-electron chi connectivity index (χ3n) is 4.71. The molecule has 1 unspecified atom stereocenters. The summed E-state index contributed by atoms with van der Waals surface area (Å²) in [7, 11) is -3.58. The fraction of sp³-hybridized carbons (Fsp3) is 0.412. The zero-order valence-corrected chi connectivity index (χ0v) is 17.5. The van der Waals surface area contributed by atoms with Crippen LogP contribution >= 0.6 is 22.7 Å². The molecule has 3 rings (SSSR count). The molecule has 0 aromatic carbocycles. The van der Waals surface area contributed by atoms with Crippen molar-refractivity contribution < 1.29 is 18.0 Å². The molecule has 0 radical (unpaired) electrons. The third kappa shape index (κ3) is 3.93. The SMILES string of the molecule is Cc1sc(NC(=O)C2CCCN(S(=O)(=O)c3cccs3)C2)c(C(N)=O)c1C. The summed E-state index contributed by atoms with van der Waals surface area (Å²) >= 11 is 2.47. The van der Waals surface area contributed by atoms with Gasteiger partial charge in [0, 0.05) is 18.0 Å². The summed E-state index contributed by atoms with van der Waals surface area (Å²) in [5.74, 6) is -1.35. The van der Waals surface area contributed by atoms with Gasteiger partial charge in [-0.05, 0) is 43.7 Å². The van der Waals surface area contributed by atoms with Crippen LogP contribution in [0.3, 0.4) is 0 Å². The number of anilines is 1.